The molecule has 1 aliphatic carbocycles. The van der Waals surface area contributed by atoms with E-state index in [2.05, 4.69) is 27.4 Å². The second kappa shape index (κ2) is 6.99. The number of hydrogen-bond acceptors (Lipinski definition) is 8. The van der Waals surface area contributed by atoms with Crippen LogP contribution in [0.5, 0.6) is 0 Å². The van der Waals surface area contributed by atoms with E-state index in [0.717, 1.165) is 0 Å². The van der Waals surface area contributed by atoms with Crippen LogP contribution in [0, 0.1) is 38.7 Å². The van der Waals surface area contributed by atoms with Crippen molar-refractivity contribution in [2.75, 3.05) is 0 Å². The fourth-order valence-electron chi connectivity index (χ4n) is 4.27. The molecule has 0 aromatic carbocycles. The van der Waals surface area contributed by atoms with Gasteiger partial charge in [-0.3, -0.25) is 4.68 Å². The first-order valence-corrected chi connectivity index (χ1v) is 9.79. The molecule has 0 radical (unpaired) electrons. The van der Waals surface area contributed by atoms with Crippen LogP contribution in [-0.4, -0.2) is 39.1 Å². The highest BCUT2D eigenvalue weighted by Gasteiger charge is 2.46. The lowest BCUT2D eigenvalue weighted by atomic mass is 9.67. The van der Waals surface area contributed by atoms with E-state index in [-0.39, 0.29) is 23.7 Å². The van der Waals surface area contributed by atoms with Gasteiger partial charge in [-0.05, 0) is 23.8 Å². The highest BCUT2D eigenvalue weighted by atomic mass is 16.6. The number of nitro groups is 1. The molecular formula is C20H16N10O2. The van der Waals surface area contributed by atoms with Gasteiger partial charge >= 0.3 is 5.82 Å². The van der Waals surface area contributed by atoms with Crippen molar-refractivity contribution in [3.05, 3.63) is 47.2 Å². The highest BCUT2D eigenvalue weighted by Crippen LogP contribution is 2.46. The Hall–Kier alpha value is -4.58. The molecule has 5 rings (SSSR count). The van der Waals surface area contributed by atoms with Crippen LogP contribution in [0.3, 0.4) is 0 Å². The third kappa shape index (κ3) is 2.89. The molecule has 0 bridgehead atoms. The lowest BCUT2D eigenvalue weighted by molar-refractivity contribution is -0.389. The number of rotatable bonds is 5. The van der Waals surface area contributed by atoms with Gasteiger partial charge in [0.25, 0.3) is 0 Å². The SMILES string of the molecule is Cn1cc(-c2cn3nccc3c(-c3cnn(C4(CC#N)CC(C#N)C4)c3)n2)c([N+](=O)[O-])n1. The molecule has 0 atom stereocenters. The summed E-state index contributed by atoms with van der Waals surface area (Å²) in [5.74, 6) is -0.386. The van der Waals surface area contributed by atoms with Gasteiger partial charge in [0.1, 0.15) is 5.56 Å². The third-order valence-corrected chi connectivity index (χ3v) is 5.83. The molecule has 0 saturated heterocycles. The van der Waals surface area contributed by atoms with Crippen molar-refractivity contribution in [1.29, 1.82) is 10.5 Å². The average Bonchev–Trinajstić information content (AvgIpc) is 3.48. The van der Waals surface area contributed by atoms with E-state index in [9.17, 15) is 20.6 Å². The van der Waals surface area contributed by atoms with E-state index >= 15 is 0 Å². The van der Waals surface area contributed by atoms with Gasteiger partial charge in [0.2, 0.25) is 0 Å². The van der Waals surface area contributed by atoms with Crippen LogP contribution in [0.4, 0.5) is 5.82 Å². The number of aromatic nitrogens is 7. The first kappa shape index (κ1) is 19.4. The molecule has 0 spiro atoms. The summed E-state index contributed by atoms with van der Waals surface area (Å²) in [6, 6.07) is 6.25. The maximum atomic E-state index is 11.5. The van der Waals surface area contributed by atoms with E-state index in [1.807, 2.05) is 6.20 Å². The van der Waals surface area contributed by atoms with Crippen LogP contribution >= 0.6 is 0 Å². The van der Waals surface area contributed by atoms with Crippen LogP contribution in [0.2, 0.25) is 0 Å². The maximum Gasteiger partial charge on any atom is 0.399 e. The second-order valence-corrected chi connectivity index (χ2v) is 7.90. The molecule has 0 unspecified atom stereocenters. The minimum Gasteiger partial charge on any atom is -0.358 e. The molecule has 1 fully saturated rings. The van der Waals surface area contributed by atoms with Gasteiger partial charge < -0.3 is 10.1 Å². The zero-order chi connectivity index (χ0) is 22.5. The predicted octanol–water partition coefficient (Wildman–Crippen LogP) is 2.44. The lowest BCUT2D eigenvalue weighted by Gasteiger charge is -2.43. The summed E-state index contributed by atoms with van der Waals surface area (Å²) in [5.41, 5.74) is 2.06. The third-order valence-electron chi connectivity index (χ3n) is 5.83. The van der Waals surface area contributed by atoms with Crippen LogP contribution in [-0.2, 0) is 12.6 Å². The summed E-state index contributed by atoms with van der Waals surface area (Å²) < 4.78 is 4.72. The smallest absolute Gasteiger partial charge is 0.358 e. The zero-order valence-electron chi connectivity index (χ0n) is 17.0. The van der Waals surface area contributed by atoms with Crippen LogP contribution in [0.25, 0.3) is 28.0 Å². The van der Waals surface area contributed by atoms with E-state index in [0.29, 0.717) is 35.3 Å². The van der Waals surface area contributed by atoms with Crippen molar-refractivity contribution < 1.29 is 4.92 Å². The van der Waals surface area contributed by atoms with Crippen molar-refractivity contribution in [3.8, 4) is 34.7 Å². The molecule has 4 aromatic rings. The normalized spacial score (nSPS) is 19.9. The number of nitrogens with zero attached hydrogens (tertiary/aromatic N) is 10. The molecule has 4 aromatic heterocycles. The van der Waals surface area contributed by atoms with E-state index in [1.165, 1.54) is 4.68 Å². The van der Waals surface area contributed by atoms with Crippen molar-refractivity contribution in [3.63, 3.8) is 0 Å². The first-order valence-electron chi connectivity index (χ1n) is 9.79. The Morgan fingerprint density at radius 3 is 2.81 bits per heavy atom. The molecule has 0 amide bonds. The average molecular weight is 428 g/mol. The summed E-state index contributed by atoms with van der Waals surface area (Å²) in [6.07, 6.45) is 9.62. The van der Waals surface area contributed by atoms with Crippen LogP contribution in [0.1, 0.15) is 19.3 Å². The number of hydrogen-bond donors (Lipinski definition) is 0. The Morgan fingerprint density at radius 1 is 1.28 bits per heavy atom. The van der Waals surface area contributed by atoms with Gasteiger partial charge in [0, 0.05) is 11.8 Å². The quantitative estimate of drug-likeness (QED) is 0.346. The van der Waals surface area contributed by atoms with Crippen LogP contribution in [0.15, 0.2) is 37.1 Å². The van der Waals surface area contributed by atoms with Gasteiger partial charge in [-0.25, -0.2) is 9.50 Å². The highest BCUT2D eigenvalue weighted by molar-refractivity contribution is 5.79. The topological polar surface area (TPSA) is 157 Å². The van der Waals surface area contributed by atoms with Gasteiger partial charge in [-0.15, -0.1) is 0 Å². The second-order valence-electron chi connectivity index (χ2n) is 7.90. The summed E-state index contributed by atoms with van der Waals surface area (Å²) in [4.78, 5) is 15.6. The van der Waals surface area contributed by atoms with Gasteiger partial charge in [0.05, 0.1) is 83.9 Å². The van der Waals surface area contributed by atoms with E-state index in [4.69, 9.17) is 4.98 Å². The van der Waals surface area contributed by atoms with Crippen LogP contribution < -0.4 is 0 Å². The lowest BCUT2D eigenvalue weighted by Crippen LogP contribution is -2.46. The first-order chi connectivity index (χ1) is 15.4. The van der Waals surface area contributed by atoms with Crippen molar-refractivity contribution in [2.45, 2.75) is 24.8 Å². The summed E-state index contributed by atoms with van der Waals surface area (Å²) in [5, 5.41) is 42.6. The Morgan fingerprint density at radius 2 is 2.09 bits per heavy atom. The predicted molar refractivity (Wildman–Crippen MR) is 110 cm³/mol. The largest absolute Gasteiger partial charge is 0.399 e. The molecule has 1 aliphatic rings. The summed E-state index contributed by atoms with van der Waals surface area (Å²) in [7, 11) is 1.61. The molecular weight excluding hydrogens is 412 g/mol. The minimum absolute atomic E-state index is 0.0925. The monoisotopic (exact) mass is 428 g/mol. The minimum atomic E-state index is -0.546. The standard InChI is InChI=1S/C20H16N10O2/c1-27-11-15(19(26-27)30(31)32)16-12-28-17(2-5-23-28)18(25-16)14-9-24-29(10-14)20(3-4-21)6-13(7-20)8-22/h2,5,9-13H,3,6-7H2,1H3. The number of aryl methyl sites for hydroxylation is 1. The summed E-state index contributed by atoms with van der Waals surface area (Å²) in [6.45, 7) is 0. The van der Waals surface area contributed by atoms with E-state index in [1.54, 1.807) is 47.1 Å². The molecule has 158 valence electrons. The molecule has 0 N–H and O–H groups in total. The Balaban J connectivity index is 1.62. The Kier molecular flexibility index (Phi) is 4.23. The van der Waals surface area contributed by atoms with Gasteiger partial charge in [-0.2, -0.15) is 25.4 Å². The van der Waals surface area contributed by atoms with E-state index < -0.39 is 10.5 Å². The fraction of sp³-hybridized carbons (Fsp3) is 0.300. The summed E-state index contributed by atoms with van der Waals surface area (Å²) >= 11 is 0. The van der Waals surface area contributed by atoms with Crippen molar-refractivity contribution in [2.24, 2.45) is 13.0 Å². The van der Waals surface area contributed by atoms with Gasteiger partial charge in [-0.1, -0.05) is 0 Å². The molecule has 32 heavy (non-hydrogen) atoms. The molecule has 12 nitrogen and oxygen atoms in total. The Labute approximate surface area is 181 Å². The van der Waals surface area contributed by atoms with Crippen molar-refractivity contribution >= 4 is 11.3 Å². The maximum absolute atomic E-state index is 11.5. The molecule has 0 aliphatic heterocycles. The zero-order valence-corrected chi connectivity index (χ0v) is 17.0. The van der Waals surface area contributed by atoms with Crippen molar-refractivity contribution in [1.82, 2.24) is 34.2 Å². The number of fused-ring (bicyclic) bond motifs is 1. The Bertz CT molecular complexity index is 1440. The number of nitriles is 2. The van der Waals surface area contributed by atoms with Gasteiger partial charge in [0.15, 0.2) is 0 Å². The molecule has 4 heterocycles. The molecule has 12 heteroatoms. The molecule has 1 saturated carbocycles. The fourth-order valence-corrected chi connectivity index (χ4v) is 4.27.